The van der Waals surface area contributed by atoms with Crippen molar-refractivity contribution in [1.82, 2.24) is 9.97 Å². The fourth-order valence-corrected chi connectivity index (χ4v) is 3.79. The van der Waals surface area contributed by atoms with Gasteiger partial charge in [-0.2, -0.15) is 0 Å². The van der Waals surface area contributed by atoms with E-state index in [2.05, 4.69) is 20.6 Å². The van der Waals surface area contributed by atoms with Crippen LogP contribution in [0.3, 0.4) is 0 Å². The highest BCUT2D eigenvalue weighted by molar-refractivity contribution is 5.74. The molecule has 1 aliphatic carbocycles. The molecule has 1 saturated carbocycles. The predicted octanol–water partition coefficient (Wildman–Crippen LogP) is 5.41. The normalized spacial score (nSPS) is 14.3. The van der Waals surface area contributed by atoms with E-state index in [4.69, 9.17) is 0 Å². The van der Waals surface area contributed by atoms with Gasteiger partial charge in [0.05, 0.1) is 4.92 Å². The van der Waals surface area contributed by atoms with Gasteiger partial charge >= 0.3 is 5.69 Å². The fraction of sp³-hybridized carbons (Fsp3) is 0.304. The SMILES string of the molecule is O=[N+]([O-])c1c(NCc2ccccc2)nc(-c2ccccc2)nc1NC1CCCCC1. The summed E-state index contributed by atoms with van der Waals surface area (Å²) in [6.45, 7) is 0.440. The number of aromatic nitrogens is 2. The predicted molar refractivity (Wildman–Crippen MR) is 118 cm³/mol. The van der Waals surface area contributed by atoms with Gasteiger partial charge in [-0.1, -0.05) is 79.9 Å². The van der Waals surface area contributed by atoms with Gasteiger partial charge in [0.25, 0.3) is 0 Å². The molecule has 4 rings (SSSR count). The van der Waals surface area contributed by atoms with Crippen LogP contribution in [0.2, 0.25) is 0 Å². The van der Waals surface area contributed by atoms with E-state index in [0.29, 0.717) is 12.4 Å². The van der Waals surface area contributed by atoms with E-state index in [0.717, 1.165) is 36.8 Å². The second kappa shape index (κ2) is 9.35. The zero-order chi connectivity index (χ0) is 20.8. The summed E-state index contributed by atoms with van der Waals surface area (Å²) >= 11 is 0. The van der Waals surface area contributed by atoms with Gasteiger partial charge in [0.2, 0.25) is 11.6 Å². The standard InChI is InChI=1S/C23H25N5O2/c29-28(30)20-22(24-16-17-10-4-1-5-11-17)26-21(18-12-6-2-7-13-18)27-23(20)25-19-14-8-3-9-15-19/h1-2,4-7,10-13,19H,3,8-9,14-16H2,(H2,24,25,26,27). The minimum absolute atomic E-state index is 0.101. The third-order valence-corrected chi connectivity index (χ3v) is 5.35. The van der Waals surface area contributed by atoms with Crippen molar-refractivity contribution in [2.75, 3.05) is 10.6 Å². The molecule has 1 aliphatic rings. The Morgan fingerprint density at radius 2 is 1.53 bits per heavy atom. The lowest BCUT2D eigenvalue weighted by Crippen LogP contribution is -2.24. The Labute approximate surface area is 175 Å². The van der Waals surface area contributed by atoms with Crippen LogP contribution in [0, 0.1) is 10.1 Å². The first kappa shape index (κ1) is 19.8. The van der Waals surface area contributed by atoms with Crippen molar-refractivity contribution in [2.24, 2.45) is 0 Å². The molecule has 1 fully saturated rings. The van der Waals surface area contributed by atoms with Crippen LogP contribution >= 0.6 is 0 Å². The third-order valence-electron chi connectivity index (χ3n) is 5.35. The number of nitrogens with one attached hydrogen (secondary N) is 2. The molecule has 0 radical (unpaired) electrons. The monoisotopic (exact) mass is 403 g/mol. The Morgan fingerprint density at radius 3 is 2.20 bits per heavy atom. The first-order valence-corrected chi connectivity index (χ1v) is 10.4. The van der Waals surface area contributed by atoms with Crippen LogP contribution in [0.4, 0.5) is 17.3 Å². The maximum Gasteiger partial charge on any atom is 0.353 e. The zero-order valence-electron chi connectivity index (χ0n) is 16.8. The molecule has 0 spiro atoms. The zero-order valence-corrected chi connectivity index (χ0v) is 16.8. The summed E-state index contributed by atoms with van der Waals surface area (Å²) in [5.74, 6) is 0.988. The van der Waals surface area contributed by atoms with E-state index >= 15 is 0 Å². The van der Waals surface area contributed by atoms with Crippen molar-refractivity contribution in [3.63, 3.8) is 0 Å². The van der Waals surface area contributed by atoms with Crippen molar-refractivity contribution < 1.29 is 4.92 Å². The number of nitro groups is 1. The van der Waals surface area contributed by atoms with E-state index in [1.165, 1.54) is 6.42 Å². The van der Waals surface area contributed by atoms with Crippen molar-refractivity contribution in [3.8, 4) is 11.4 Å². The first-order chi connectivity index (χ1) is 14.7. The molecular weight excluding hydrogens is 378 g/mol. The van der Waals surface area contributed by atoms with E-state index in [1.54, 1.807) is 0 Å². The summed E-state index contributed by atoms with van der Waals surface area (Å²) in [5, 5.41) is 18.5. The van der Waals surface area contributed by atoms with Gasteiger partial charge in [-0.15, -0.1) is 0 Å². The Morgan fingerprint density at radius 1 is 0.900 bits per heavy atom. The van der Waals surface area contributed by atoms with E-state index in [-0.39, 0.29) is 23.4 Å². The molecule has 30 heavy (non-hydrogen) atoms. The Hall–Kier alpha value is -3.48. The fourth-order valence-electron chi connectivity index (χ4n) is 3.79. The van der Waals surface area contributed by atoms with Gasteiger partial charge < -0.3 is 10.6 Å². The average molecular weight is 403 g/mol. The van der Waals surface area contributed by atoms with Crippen LogP contribution in [-0.4, -0.2) is 20.9 Å². The van der Waals surface area contributed by atoms with Crippen molar-refractivity contribution in [3.05, 3.63) is 76.3 Å². The number of hydrogen-bond donors (Lipinski definition) is 2. The lowest BCUT2D eigenvalue weighted by Gasteiger charge is -2.23. The highest BCUT2D eigenvalue weighted by atomic mass is 16.6. The lowest BCUT2D eigenvalue weighted by molar-refractivity contribution is -0.383. The molecule has 7 nitrogen and oxygen atoms in total. The van der Waals surface area contributed by atoms with Crippen molar-refractivity contribution >= 4 is 17.3 Å². The number of nitrogens with zero attached hydrogens (tertiary/aromatic N) is 3. The van der Waals surface area contributed by atoms with Gasteiger partial charge in [0.15, 0.2) is 5.82 Å². The van der Waals surface area contributed by atoms with Gasteiger partial charge in [-0.25, -0.2) is 9.97 Å². The van der Waals surface area contributed by atoms with Crippen LogP contribution in [0.1, 0.15) is 37.7 Å². The van der Waals surface area contributed by atoms with Gasteiger partial charge in [-0.05, 0) is 18.4 Å². The van der Waals surface area contributed by atoms with Gasteiger partial charge in [0.1, 0.15) is 0 Å². The summed E-state index contributed by atoms with van der Waals surface area (Å²) in [4.78, 5) is 20.7. The minimum atomic E-state index is -0.396. The molecule has 2 aromatic carbocycles. The van der Waals surface area contributed by atoms with E-state index < -0.39 is 4.92 Å². The van der Waals surface area contributed by atoms with Crippen molar-refractivity contribution in [2.45, 2.75) is 44.7 Å². The molecule has 154 valence electrons. The summed E-state index contributed by atoms with van der Waals surface area (Å²) in [6, 6.07) is 19.5. The maximum atomic E-state index is 12.0. The van der Waals surface area contributed by atoms with Crippen molar-refractivity contribution in [1.29, 1.82) is 0 Å². The van der Waals surface area contributed by atoms with E-state index in [9.17, 15) is 10.1 Å². The van der Waals surface area contributed by atoms with Gasteiger partial charge in [-0.3, -0.25) is 10.1 Å². The Kier molecular flexibility index (Phi) is 6.17. The Balaban J connectivity index is 1.72. The molecule has 1 aromatic heterocycles. The molecule has 7 heteroatoms. The smallest absolute Gasteiger partial charge is 0.353 e. The molecule has 0 atom stereocenters. The number of anilines is 2. The summed E-state index contributed by atoms with van der Waals surface area (Å²) in [5.41, 5.74) is 1.74. The summed E-state index contributed by atoms with van der Waals surface area (Å²) in [7, 11) is 0. The first-order valence-electron chi connectivity index (χ1n) is 10.4. The number of hydrogen-bond acceptors (Lipinski definition) is 6. The Bertz CT molecular complexity index is 989. The highest BCUT2D eigenvalue weighted by Crippen LogP contribution is 2.34. The quantitative estimate of drug-likeness (QED) is 0.405. The second-order valence-electron chi connectivity index (χ2n) is 7.53. The van der Waals surface area contributed by atoms with E-state index in [1.807, 2.05) is 60.7 Å². The molecule has 0 bridgehead atoms. The molecule has 2 N–H and O–H groups in total. The number of benzene rings is 2. The maximum absolute atomic E-state index is 12.0. The lowest BCUT2D eigenvalue weighted by atomic mass is 9.95. The topological polar surface area (TPSA) is 93.0 Å². The van der Waals surface area contributed by atoms with Crippen LogP contribution in [0.5, 0.6) is 0 Å². The molecule has 3 aromatic rings. The minimum Gasteiger partial charge on any atom is -0.361 e. The molecule has 1 heterocycles. The van der Waals surface area contributed by atoms with Crippen LogP contribution in [-0.2, 0) is 6.54 Å². The summed E-state index contributed by atoms with van der Waals surface area (Å²) < 4.78 is 0. The van der Waals surface area contributed by atoms with Crippen LogP contribution in [0.15, 0.2) is 60.7 Å². The molecule has 0 saturated heterocycles. The second-order valence-corrected chi connectivity index (χ2v) is 7.53. The van der Waals surface area contributed by atoms with Crippen LogP contribution < -0.4 is 10.6 Å². The number of rotatable bonds is 7. The van der Waals surface area contributed by atoms with Gasteiger partial charge in [0, 0.05) is 18.2 Å². The highest BCUT2D eigenvalue weighted by Gasteiger charge is 2.27. The third kappa shape index (κ3) is 4.74. The van der Waals surface area contributed by atoms with Crippen LogP contribution in [0.25, 0.3) is 11.4 Å². The largest absolute Gasteiger partial charge is 0.361 e. The molecule has 0 unspecified atom stereocenters. The molecular formula is C23H25N5O2. The molecule has 0 aliphatic heterocycles. The summed E-state index contributed by atoms with van der Waals surface area (Å²) in [6.07, 6.45) is 5.45. The average Bonchev–Trinajstić information content (AvgIpc) is 2.79. The molecule has 0 amide bonds.